The van der Waals surface area contributed by atoms with E-state index in [2.05, 4.69) is 17.4 Å². The summed E-state index contributed by atoms with van der Waals surface area (Å²) >= 11 is 0. The number of hydrogen-bond acceptors (Lipinski definition) is 2. The normalized spacial score (nSPS) is 10.4. The summed E-state index contributed by atoms with van der Waals surface area (Å²) in [6.45, 7) is 9.92. The predicted molar refractivity (Wildman–Crippen MR) is 103 cm³/mol. The maximum atomic E-state index is 12.3. The summed E-state index contributed by atoms with van der Waals surface area (Å²) < 4.78 is 0. The average Bonchev–Trinajstić information content (AvgIpc) is 2.49. The zero-order chi connectivity index (χ0) is 18.6. The van der Waals surface area contributed by atoms with Gasteiger partial charge in [-0.05, 0) is 56.5 Å². The molecule has 0 heterocycles. The number of carbonyl (C=O) groups excluding carboxylic acids is 2. The molecule has 1 N–H and O–H groups in total. The predicted octanol–water partition coefficient (Wildman–Crippen LogP) is 4.30. The van der Waals surface area contributed by atoms with Crippen LogP contribution in [0.1, 0.15) is 35.6 Å². The van der Waals surface area contributed by atoms with E-state index in [0.29, 0.717) is 6.54 Å². The summed E-state index contributed by atoms with van der Waals surface area (Å²) in [5.41, 5.74) is 6.04. The lowest BCUT2D eigenvalue weighted by Gasteiger charge is -2.25. The van der Waals surface area contributed by atoms with Crippen LogP contribution in [0.4, 0.5) is 11.4 Å². The van der Waals surface area contributed by atoms with E-state index in [4.69, 9.17) is 0 Å². The van der Waals surface area contributed by atoms with Gasteiger partial charge in [0.25, 0.3) is 0 Å². The van der Waals surface area contributed by atoms with Crippen molar-refractivity contribution in [2.75, 3.05) is 16.8 Å². The first-order valence-electron chi connectivity index (χ1n) is 8.50. The first kappa shape index (κ1) is 18.7. The third kappa shape index (κ3) is 4.92. The van der Waals surface area contributed by atoms with E-state index in [1.54, 1.807) is 4.90 Å². The fraction of sp³-hybridized carbons (Fsp3) is 0.333. The van der Waals surface area contributed by atoms with Crippen molar-refractivity contribution in [2.24, 2.45) is 0 Å². The second-order valence-electron chi connectivity index (χ2n) is 6.59. The molecule has 0 aliphatic rings. The van der Waals surface area contributed by atoms with Gasteiger partial charge in [0.1, 0.15) is 0 Å². The fourth-order valence-electron chi connectivity index (χ4n) is 3.18. The van der Waals surface area contributed by atoms with Crippen molar-refractivity contribution in [1.82, 2.24) is 0 Å². The SMILES string of the molecule is CC(=O)N(CCC(=O)Nc1cccc(C)c1)c1c(C)cc(C)cc1C. The van der Waals surface area contributed by atoms with Crippen molar-refractivity contribution in [3.05, 3.63) is 58.7 Å². The van der Waals surface area contributed by atoms with E-state index >= 15 is 0 Å². The third-order valence-corrected chi connectivity index (χ3v) is 4.15. The molecular weight excluding hydrogens is 312 g/mol. The van der Waals surface area contributed by atoms with Crippen LogP contribution in [0, 0.1) is 27.7 Å². The second kappa shape index (κ2) is 7.97. The highest BCUT2D eigenvalue weighted by Gasteiger charge is 2.18. The summed E-state index contributed by atoms with van der Waals surface area (Å²) in [5, 5.41) is 2.89. The highest BCUT2D eigenvalue weighted by Crippen LogP contribution is 2.26. The highest BCUT2D eigenvalue weighted by atomic mass is 16.2. The van der Waals surface area contributed by atoms with E-state index in [-0.39, 0.29) is 18.2 Å². The number of aryl methyl sites for hydroxylation is 4. The van der Waals surface area contributed by atoms with Crippen LogP contribution in [0.25, 0.3) is 0 Å². The summed E-state index contributed by atoms with van der Waals surface area (Å²) in [5.74, 6) is -0.155. The molecule has 0 saturated heterocycles. The number of rotatable bonds is 5. The Bertz CT molecular complexity index is 773. The molecule has 4 nitrogen and oxygen atoms in total. The van der Waals surface area contributed by atoms with Gasteiger partial charge in [-0.1, -0.05) is 29.8 Å². The van der Waals surface area contributed by atoms with E-state index in [9.17, 15) is 9.59 Å². The molecule has 2 amide bonds. The zero-order valence-electron chi connectivity index (χ0n) is 15.6. The van der Waals surface area contributed by atoms with Gasteiger partial charge in [0.15, 0.2) is 0 Å². The number of anilines is 2. The van der Waals surface area contributed by atoms with E-state index in [1.165, 1.54) is 12.5 Å². The van der Waals surface area contributed by atoms with Crippen molar-refractivity contribution < 1.29 is 9.59 Å². The van der Waals surface area contributed by atoms with Crippen molar-refractivity contribution in [3.63, 3.8) is 0 Å². The molecule has 2 aromatic rings. The molecule has 0 fully saturated rings. The Hall–Kier alpha value is -2.62. The first-order valence-corrected chi connectivity index (χ1v) is 8.50. The summed E-state index contributed by atoms with van der Waals surface area (Å²) in [4.78, 5) is 26.1. The van der Waals surface area contributed by atoms with Crippen LogP contribution in [0.2, 0.25) is 0 Å². The molecule has 2 aromatic carbocycles. The standard InChI is InChI=1S/C21H26N2O2/c1-14-7-6-8-19(13-14)22-20(25)9-10-23(18(5)24)21-16(3)11-15(2)12-17(21)4/h6-8,11-13H,9-10H2,1-5H3,(H,22,25). The Labute approximate surface area is 149 Å². The van der Waals surface area contributed by atoms with Crippen LogP contribution in [0.15, 0.2) is 36.4 Å². The number of carbonyl (C=O) groups is 2. The van der Waals surface area contributed by atoms with Gasteiger partial charge in [0.2, 0.25) is 11.8 Å². The summed E-state index contributed by atoms with van der Waals surface area (Å²) in [6, 6.07) is 11.8. The lowest BCUT2D eigenvalue weighted by molar-refractivity contribution is -0.117. The number of nitrogens with zero attached hydrogens (tertiary/aromatic N) is 1. The van der Waals surface area contributed by atoms with Gasteiger partial charge in [-0.25, -0.2) is 0 Å². The van der Waals surface area contributed by atoms with Crippen molar-refractivity contribution in [2.45, 2.75) is 41.0 Å². The summed E-state index contributed by atoms with van der Waals surface area (Å²) in [6.07, 6.45) is 0.250. The molecule has 0 aliphatic carbocycles. The zero-order valence-corrected chi connectivity index (χ0v) is 15.6. The Morgan fingerprint density at radius 2 is 1.60 bits per heavy atom. The lowest BCUT2D eigenvalue weighted by atomic mass is 10.0. The highest BCUT2D eigenvalue weighted by molar-refractivity contribution is 5.96. The van der Waals surface area contributed by atoms with E-state index in [1.807, 2.05) is 52.0 Å². The monoisotopic (exact) mass is 338 g/mol. The molecule has 0 radical (unpaired) electrons. The molecule has 0 unspecified atom stereocenters. The molecule has 0 bridgehead atoms. The number of benzene rings is 2. The molecular formula is C21H26N2O2. The molecule has 132 valence electrons. The topological polar surface area (TPSA) is 49.4 Å². The van der Waals surface area contributed by atoms with Crippen molar-refractivity contribution in [3.8, 4) is 0 Å². The molecule has 0 saturated carbocycles. The van der Waals surface area contributed by atoms with Crippen LogP contribution in [0.3, 0.4) is 0 Å². The Morgan fingerprint density at radius 3 is 2.16 bits per heavy atom. The van der Waals surface area contributed by atoms with Crippen LogP contribution in [-0.4, -0.2) is 18.4 Å². The van der Waals surface area contributed by atoms with E-state index in [0.717, 1.165) is 28.1 Å². The van der Waals surface area contributed by atoms with E-state index < -0.39 is 0 Å². The molecule has 0 aliphatic heterocycles. The molecule has 0 atom stereocenters. The molecule has 0 spiro atoms. The van der Waals surface area contributed by atoms with Crippen LogP contribution in [0.5, 0.6) is 0 Å². The maximum Gasteiger partial charge on any atom is 0.226 e. The Kier molecular flexibility index (Phi) is 5.97. The Balaban J connectivity index is 2.10. The lowest BCUT2D eigenvalue weighted by Crippen LogP contribution is -2.33. The quantitative estimate of drug-likeness (QED) is 0.883. The maximum absolute atomic E-state index is 12.3. The largest absolute Gasteiger partial charge is 0.326 e. The first-order chi connectivity index (χ1) is 11.8. The Morgan fingerprint density at radius 1 is 0.960 bits per heavy atom. The molecule has 4 heteroatoms. The fourth-order valence-corrected chi connectivity index (χ4v) is 3.18. The average molecular weight is 338 g/mol. The van der Waals surface area contributed by atoms with Gasteiger partial charge in [-0.2, -0.15) is 0 Å². The minimum absolute atomic E-state index is 0.0570. The van der Waals surface area contributed by atoms with Crippen molar-refractivity contribution >= 4 is 23.2 Å². The minimum Gasteiger partial charge on any atom is -0.326 e. The van der Waals surface area contributed by atoms with Gasteiger partial charge in [-0.15, -0.1) is 0 Å². The molecule has 0 aromatic heterocycles. The van der Waals surface area contributed by atoms with Gasteiger partial charge >= 0.3 is 0 Å². The number of hydrogen-bond donors (Lipinski definition) is 1. The van der Waals surface area contributed by atoms with Gasteiger partial charge < -0.3 is 10.2 Å². The van der Waals surface area contributed by atoms with Gasteiger partial charge in [-0.3, -0.25) is 9.59 Å². The van der Waals surface area contributed by atoms with Gasteiger partial charge in [0, 0.05) is 31.3 Å². The van der Waals surface area contributed by atoms with Crippen molar-refractivity contribution in [1.29, 1.82) is 0 Å². The minimum atomic E-state index is -0.0979. The second-order valence-corrected chi connectivity index (χ2v) is 6.59. The third-order valence-electron chi connectivity index (χ3n) is 4.15. The summed E-state index contributed by atoms with van der Waals surface area (Å²) in [7, 11) is 0. The number of nitrogens with one attached hydrogen (secondary N) is 1. The van der Waals surface area contributed by atoms with Crippen LogP contribution >= 0.6 is 0 Å². The molecule has 25 heavy (non-hydrogen) atoms. The number of amides is 2. The molecule has 2 rings (SSSR count). The van der Waals surface area contributed by atoms with Gasteiger partial charge in [0.05, 0.1) is 0 Å². The van der Waals surface area contributed by atoms with Crippen LogP contribution in [-0.2, 0) is 9.59 Å². The van der Waals surface area contributed by atoms with Crippen LogP contribution < -0.4 is 10.2 Å². The smallest absolute Gasteiger partial charge is 0.226 e.